The smallest absolute Gasteiger partial charge is 0.255 e. The zero-order chi connectivity index (χ0) is 17.4. The summed E-state index contributed by atoms with van der Waals surface area (Å²) in [5.41, 5.74) is 1.78. The third kappa shape index (κ3) is 2.96. The molecule has 1 saturated carbocycles. The molecule has 0 bridgehead atoms. The first kappa shape index (κ1) is 16.4. The molecule has 6 nitrogen and oxygen atoms in total. The number of hydrogen-bond donors (Lipinski definition) is 1. The van der Waals surface area contributed by atoms with Crippen LogP contribution in [0.3, 0.4) is 0 Å². The van der Waals surface area contributed by atoms with Crippen LogP contribution >= 0.6 is 0 Å². The van der Waals surface area contributed by atoms with E-state index < -0.39 is 6.04 Å². The zero-order valence-corrected chi connectivity index (χ0v) is 13.8. The minimum absolute atomic E-state index is 0.0290. The van der Waals surface area contributed by atoms with Crippen molar-refractivity contribution in [3.05, 3.63) is 34.9 Å². The maximum absolute atomic E-state index is 12.6. The van der Waals surface area contributed by atoms with Crippen LogP contribution in [-0.4, -0.2) is 40.4 Å². The molecule has 1 aliphatic heterocycles. The van der Waals surface area contributed by atoms with Gasteiger partial charge in [-0.3, -0.25) is 19.2 Å². The third-order valence-electron chi connectivity index (χ3n) is 4.44. The fraction of sp³-hybridized carbons (Fsp3) is 0.444. The van der Waals surface area contributed by atoms with Gasteiger partial charge in [-0.25, -0.2) is 0 Å². The Morgan fingerprint density at radius 3 is 2.67 bits per heavy atom. The topological polar surface area (TPSA) is 83.6 Å². The van der Waals surface area contributed by atoms with Crippen molar-refractivity contribution in [1.82, 2.24) is 10.2 Å². The molecule has 1 unspecified atom stereocenters. The molecular weight excluding hydrogens is 308 g/mol. The predicted molar refractivity (Wildman–Crippen MR) is 86.6 cm³/mol. The van der Waals surface area contributed by atoms with Gasteiger partial charge >= 0.3 is 0 Å². The van der Waals surface area contributed by atoms with E-state index in [4.69, 9.17) is 0 Å². The number of amides is 2. The number of ketones is 2. The highest BCUT2D eigenvalue weighted by Crippen LogP contribution is 2.29. The summed E-state index contributed by atoms with van der Waals surface area (Å²) >= 11 is 0. The Morgan fingerprint density at radius 1 is 1.25 bits per heavy atom. The zero-order valence-electron chi connectivity index (χ0n) is 13.8. The van der Waals surface area contributed by atoms with E-state index in [-0.39, 0.29) is 35.8 Å². The van der Waals surface area contributed by atoms with Crippen LogP contribution in [-0.2, 0) is 16.1 Å². The number of nitrogens with zero attached hydrogens (tertiary/aromatic N) is 1. The van der Waals surface area contributed by atoms with Crippen LogP contribution in [0.4, 0.5) is 0 Å². The molecule has 24 heavy (non-hydrogen) atoms. The minimum Gasteiger partial charge on any atom is -0.350 e. The number of carbonyl (C=O) groups is 4. The van der Waals surface area contributed by atoms with E-state index in [1.807, 2.05) is 13.8 Å². The Hall–Kier alpha value is -2.50. The van der Waals surface area contributed by atoms with E-state index in [1.54, 1.807) is 18.2 Å². The molecule has 1 heterocycles. The van der Waals surface area contributed by atoms with Crippen molar-refractivity contribution in [3.8, 4) is 0 Å². The van der Waals surface area contributed by atoms with Gasteiger partial charge in [0.15, 0.2) is 5.78 Å². The average Bonchev–Trinajstić information content (AvgIpc) is 2.83. The van der Waals surface area contributed by atoms with Gasteiger partial charge in [0, 0.05) is 30.1 Å². The van der Waals surface area contributed by atoms with Crippen LogP contribution in [0, 0.1) is 0 Å². The number of carbonyl (C=O) groups excluding carboxylic acids is 4. The number of hydrogen-bond acceptors (Lipinski definition) is 4. The van der Waals surface area contributed by atoms with E-state index in [1.165, 1.54) is 4.90 Å². The molecule has 0 saturated heterocycles. The molecule has 126 valence electrons. The molecule has 1 atom stereocenters. The SMILES string of the molecule is CC(C)NC(=O)c1ccc2c(c1)CN(C1CCC(=O)CC1=O)C2=O. The Balaban J connectivity index is 1.81. The van der Waals surface area contributed by atoms with Gasteiger partial charge in [-0.15, -0.1) is 0 Å². The molecule has 1 aromatic rings. The maximum atomic E-state index is 12.6. The fourth-order valence-electron chi connectivity index (χ4n) is 3.27. The summed E-state index contributed by atoms with van der Waals surface area (Å²) in [6.07, 6.45) is 0.628. The summed E-state index contributed by atoms with van der Waals surface area (Å²) in [5, 5.41) is 2.82. The first-order valence-corrected chi connectivity index (χ1v) is 8.16. The lowest BCUT2D eigenvalue weighted by Gasteiger charge is -2.29. The average molecular weight is 328 g/mol. The summed E-state index contributed by atoms with van der Waals surface area (Å²) < 4.78 is 0. The van der Waals surface area contributed by atoms with Crippen molar-refractivity contribution in [3.63, 3.8) is 0 Å². The Labute approximate surface area is 140 Å². The van der Waals surface area contributed by atoms with Gasteiger partial charge in [0.05, 0.1) is 12.5 Å². The highest BCUT2D eigenvalue weighted by molar-refractivity contribution is 6.08. The molecule has 0 aromatic heterocycles. The number of Topliss-reactive ketones (excluding diaryl/α,β-unsaturated/α-hetero) is 2. The predicted octanol–water partition coefficient (Wildman–Crippen LogP) is 1.47. The lowest BCUT2D eigenvalue weighted by molar-refractivity contribution is -0.133. The number of benzene rings is 1. The lowest BCUT2D eigenvalue weighted by atomic mass is 9.92. The Kier molecular flexibility index (Phi) is 4.22. The van der Waals surface area contributed by atoms with Crippen LogP contribution in [0.25, 0.3) is 0 Å². The molecule has 6 heteroatoms. The number of rotatable bonds is 3. The van der Waals surface area contributed by atoms with E-state index in [0.717, 1.165) is 5.56 Å². The van der Waals surface area contributed by atoms with E-state index in [9.17, 15) is 19.2 Å². The van der Waals surface area contributed by atoms with Gasteiger partial charge in [0.25, 0.3) is 11.8 Å². The summed E-state index contributed by atoms with van der Waals surface area (Å²) in [7, 11) is 0. The summed E-state index contributed by atoms with van der Waals surface area (Å²) in [4.78, 5) is 49.7. The van der Waals surface area contributed by atoms with Crippen molar-refractivity contribution in [2.45, 2.75) is 51.7 Å². The van der Waals surface area contributed by atoms with Gasteiger partial charge in [-0.05, 0) is 44.0 Å². The molecule has 2 amide bonds. The Bertz CT molecular complexity index is 739. The normalized spacial score (nSPS) is 20.5. The first-order chi connectivity index (χ1) is 11.4. The second kappa shape index (κ2) is 6.19. The molecule has 2 aliphatic rings. The largest absolute Gasteiger partial charge is 0.350 e. The molecule has 0 spiro atoms. The monoisotopic (exact) mass is 328 g/mol. The van der Waals surface area contributed by atoms with E-state index >= 15 is 0 Å². The van der Waals surface area contributed by atoms with Crippen molar-refractivity contribution in [2.24, 2.45) is 0 Å². The van der Waals surface area contributed by atoms with Gasteiger partial charge < -0.3 is 10.2 Å². The van der Waals surface area contributed by atoms with E-state index in [0.29, 0.717) is 30.5 Å². The van der Waals surface area contributed by atoms with Crippen LogP contribution in [0.1, 0.15) is 59.4 Å². The maximum Gasteiger partial charge on any atom is 0.255 e. The second-order valence-corrected chi connectivity index (χ2v) is 6.67. The molecule has 1 aliphatic carbocycles. The van der Waals surface area contributed by atoms with Crippen molar-refractivity contribution < 1.29 is 19.2 Å². The molecule has 0 radical (unpaired) electrons. The highest BCUT2D eigenvalue weighted by atomic mass is 16.2. The molecular formula is C18H20N2O4. The van der Waals surface area contributed by atoms with Crippen molar-refractivity contribution in [2.75, 3.05) is 0 Å². The van der Waals surface area contributed by atoms with Crippen LogP contribution in [0.2, 0.25) is 0 Å². The Morgan fingerprint density at radius 2 is 2.00 bits per heavy atom. The van der Waals surface area contributed by atoms with Gasteiger partial charge in [-0.2, -0.15) is 0 Å². The molecule has 1 N–H and O–H groups in total. The first-order valence-electron chi connectivity index (χ1n) is 8.16. The third-order valence-corrected chi connectivity index (χ3v) is 4.44. The standard InChI is InChI=1S/C18H20N2O4/c1-10(2)19-17(23)11-3-5-14-12(7-11)9-20(18(14)24)15-6-4-13(21)8-16(15)22/h3,5,7,10,15H,4,6,8-9H2,1-2H3,(H,19,23). The number of nitrogens with one attached hydrogen (secondary N) is 1. The highest BCUT2D eigenvalue weighted by Gasteiger charge is 2.39. The molecule has 1 fully saturated rings. The van der Waals surface area contributed by atoms with E-state index in [2.05, 4.69) is 5.32 Å². The van der Waals surface area contributed by atoms with Gasteiger partial charge in [0.1, 0.15) is 5.78 Å². The minimum atomic E-state index is -0.532. The van der Waals surface area contributed by atoms with Crippen LogP contribution in [0.5, 0.6) is 0 Å². The van der Waals surface area contributed by atoms with Crippen LogP contribution < -0.4 is 5.32 Å². The molecule has 3 rings (SSSR count). The fourth-order valence-corrected chi connectivity index (χ4v) is 3.27. The second-order valence-electron chi connectivity index (χ2n) is 6.67. The lowest BCUT2D eigenvalue weighted by Crippen LogP contribution is -2.44. The summed E-state index contributed by atoms with van der Waals surface area (Å²) in [6, 6.07) is 4.48. The van der Waals surface area contributed by atoms with Gasteiger partial charge in [0.2, 0.25) is 0 Å². The molecule has 1 aromatic carbocycles. The van der Waals surface area contributed by atoms with Crippen LogP contribution in [0.15, 0.2) is 18.2 Å². The van der Waals surface area contributed by atoms with Crippen molar-refractivity contribution in [1.29, 1.82) is 0 Å². The summed E-state index contributed by atoms with van der Waals surface area (Å²) in [6.45, 7) is 4.07. The van der Waals surface area contributed by atoms with Gasteiger partial charge in [-0.1, -0.05) is 0 Å². The quantitative estimate of drug-likeness (QED) is 0.852. The van der Waals surface area contributed by atoms with Crippen molar-refractivity contribution >= 4 is 23.4 Å². The summed E-state index contributed by atoms with van der Waals surface area (Å²) in [5.74, 6) is -0.634. The number of fused-ring (bicyclic) bond motifs is 1.